The lowest BCUT2D eigenvalue weighted by Gasteiger charge is -2.14. The first-order chi connectivity index (χ1) is 18.4. The van der Waals surface area contributed by atoms with E-state index in [-0.39, 0.29) is 24.1 Å². The minimum absolute atomic E-state index is 0.0309. The Morgan fingerprint density at radius 2 is 1.74 bits per heavy atom. The zero-order valence-electron chi connectivity index (χ0n) is 21.7. The van der Waals surface area contributed by atoms with Crippen LogP contribution in [0.1, 0.15) is 55.1 Å². The lowest BCUT2D eigenvalue weighted by atomic mass is 10.0. The summed E-state index contributed by atoms with van der Waals surface area (Å²) in [6, 6.07) is 11.0. The fourth-order valence-electron chi connectivity index (χ4n) is 3.41. The van der Waals surface area contributed by atoms with E-state index in [0.29, 0.717) is 42.3 Å². The highest BCUT2D eigenvalue weighted by atomic mass is 32.2. The highest BCUT2D eigenvalue weighted by Gasteiger charge is 2.16. The van der Waals surface area contributed by atoms with E-state index in [9.17, 15) is 14.7 Å². The number of esters is 1. The van der Waals surface area contributed by atoms with E-state index in [2.05, 4.69) is 10.2 Å². The maximum absolute atomic E-state index is 11.7. The van der Waals surface area contributed by atoms with Gasteiger partial charge in [-0.2, -0.15) is 0 Å². The first kappa shape index (κ1) is 29.8. The molecule has 204 valence electrons. The number of hydrogen-bond donors (Lipinski definition) is 1. The molecule has 0 bridgehead atoms. The third kappa shape index (κ3) is 9.21. The average molecular weight is 577 g/mol. The molecule has 0 aliphatic rings. The number of ether oxygens (including phenoxy) is 3. The molecule has 3 rings (SSSR count). The van der Waals surface area contributed by atoms with Crippen LogP contribution in [0.3, 0.4) is 0 Å². The van der Waals surface area contributed by atoms with E-state index < -0.39 is 0 Å². The summed E-state index contributed by atoms with van der Waals surface area (Å²) in [6.07, 6.45) is 2.29. The summed E-state index contributed by atoms with van der Waals surface area (Å²) in [5.74, 6) is 2.32. The van der Waals surface area contributed by atoms with Gasteiger partial charge >= 0.3 is 5.97 Å². The number of hydrogen-bond acceptors (Lipinski definition) is 11. The van der Waals surface area contributed by atoms with E-state index in [1.165, 1.54) is 6.92 Å². The molecule has 0 saturated heterocycles. The zero-order chi connectivity index (χ0) is 27.3. The van der Waals surface area contributed by atoms with Gasteiger partial charge in [0.15, 0.2) is 21.1 Å². The molecular formula is C27H32N2O6S3. The normalized spacial score (nSPS) is 10.8. The van der Waals surface area contributed by atoms with Crippen LogP contribution in [-0.2, 0) is 21.7 Å². The number of rotatable bonds is 16. The second kappa shape index (κ2) is 15.6. The van der Waals surface area contributed by atoms with Crippen molar-refractivity contribution in [2.75, 3.05) is 25.6 Å². The number of aromatic hydroxyl groups is 1. The third-order valence-corrected chi connectivity index (χ3v) is 8.57. The maximum atomic E-state index is 11.7. The quantitative estimate of drug-likeness (QED) is 0.0917. The standard InChI is InChI=1S/C27H32N2O6S3/c1-4-7-22-23(13-12-21(18(3)30)25(22)32)34-14-6-15-36-26-28-29-27(38-26)37-17-19-8-10-20(11-9-19)35-16-24(31)33-5-2/h8-13,32H,4-7,14-17H2,1-3H3. The summed E-state index contributed by atoms with van der Waals surface area (Å²) < 4.78 is 18.0. The number of phenols is 1. The van der Waals surface area contributed by atoms with Gasteiger partial charge in [-0.3, -0.25) is 4.79 Å². The van der Waals surface area contributed by atoms with Gasteiger partial charge < -0.3 is 19.3 Å². The second-order valence-electron chi connectivity index (χ2n) is 8.16. The molecule has 0 spiro atoms. The van der Waals surface area contributed by atoms with Crippen LogP contribution in [0.4, 0.5) is 0 Å². The minimum Gasteiger partial charge on any atom is -0.507 e. The molecule has 1 N–H and O–H groups in total. The third-order valence-electron chi connectivity index (χ3n) is 5.23. The van der Waals surface area contributed by atoms with Crippen molar-refractivity contribution in [1.29, 1.82) is 0 Å². The molecule has 3 aromatic rings. The minimum atomic E-state index is -0.383. The topological polar surface area (TPSA) is 108 Å². The Hall–Kier alpha value is -2.76. The molecule has 0 aliphatic heterocycles. The van der Waals surface area contributed by atoms with Crippen molar-refractivity contribution in [3.8, 4) is 17.2 Å². The molecule has 0 fully saturated rings. The van der Waals surface area contributed by atoms with Crippen molar-refractivity contribution in [3.05, 3.63) is 53.1 Å². The molecule has 0 atom stereocenters. The van der Waals surface area contributed by atoms with Gasteiger partial charge in [-0.1, -0.05) is 60.3 Å². The van der Waals surface area contributed by atoms with Crippen molar-refractivity contribution < 1.29 is 28.9 Å². The summed E-state index contributed by atoms with van der Waals surface area (Å²) in [4.78, 5) is 23.1. The smallest absolute Gasteiger partial charge is 0.344 e. The largest absolute Gasteiger partial charge is 0.507 e. The molecule has 11 heteroatoms. The molecule has 0 unspecified atom stereocenters. The number of Topliss-reactive ketones (excluding diaryl/α,β-unsaturated/α-hetero) is 1. The van der Waals surface area contributed by atoms with Crippen LogP contribution in [0.25, 0.3) is 0 Å². The van der Waals surface area contributed by atoms with Crippen molar-refractivity contribution >= 4 is 46.6 Å². The predicted molar refractivity (Wildman–Crippen MR) is 151 cm³/mol. The summed E-state index contributed by atoms with van der Waals surface area (Å²) in [7, 11) is 0. The number of carbonyl (C=O) groups excluding carboxylic acids is 2. The van der Waals surface area contributed by atoms with Gasteiger partial charge in [0.2, 0.25) is 0 Å². The zero-order valence-corrected chi connectivity index (χ0v) is 24.2. The average Bonchev–Trinajstić information content (AvgIpc) is 3.36. The molecule has 8 nitrogen and oxygen atoms in total. The molecule has 0 amide bonds. The van der Waals surface area contributed by atoms with Gasteiger partial charge in [-0.25, -0.2) is 4.79 Å². The monoisotopic (exact) mass is 576 g/mol. The molecule has 38 heavy (non-hydrogen) atoms. The summed E-state index contributed by atoms with van der Waals surface area (Å²) >= 11 is 4.82. The Labute approximate surface area is 235 Å². The van der Waals surface area contributed by atoms with Gasteiger partial charge in [0.05, 0.1) is 18.8 Å². The molecule has 2 aromatic carbocycles. The molecule has 1 heterocycles. The van der Waals surface area contributed by atoms with Gasteiger partial charge in [0, 0.05) is 17.1 Å². The predicted octanol–water partition coefficient (Wildman–Crippen LogP) is 6.19. The van der Waals surface area contributed by atoms with Crippen molar-refractivity contribution in [1.82, 2.24) is 10.2 Å². The molecular weight excluding hydrogens is 545 g/mol. The van der Waals surface area contributed by atoms with Crippen LogP contribution in [0.5, 0.6) is 17.2 Å². The van der Waals surface area contributed by atoms with Gasteiger partial charge in [-0.15, -0.1) is 10.2 Å². The number of nitrogens with zero attached hydrogens (tertiary/aromatic N) is 2. The Bertz CT molecular complexity index is 1200. The van der Waals surface area contributed by atoms with E-state index in [4.69, 9.17) is 14.2 Å². The van der Waals surface area contributed by atoms with Gasteiger partial charge in [0.1, 0.15) is 17.2 Å². The fraction of sp³-hybridized carbons (Fsp3) is 0.407. The van der Waals surface area contributed by atoms with E-state index >= 15 is 0 Å². The van der Waals surface area contributed by atoms with Crippen molar-refractivity contribution in [3.63, 3.8) is 0 Å². The lowest BCUT2D eigenvalue weighted by Crippen LogP contribution is -2.14. The van der Waals surface area contributed by atoms with Crippen LogP contribution < -0.4 is 9.47 Å². The Morgan fingerprint density at radius 1 is 1.00 bits per heavy atom. The highest BCUT2D eigenvalue weighted by molar-refractivity contribution is 8.02. The van der Waals surface area contributed by atoms with Crippen LogP contribution in [0, 0.1) is 0 Å². The Morgan fingerprint density at radius 3 is 2.42 bits per heavy atom. The molecule has 0 saturated carbocycles. The highest BCUT2D eigenvalue weighted by Crippen LogP contribution is 2.34. The van der Waals surface area contributed by atoms with Crippen LogP contribution in [0.15, 0.2) is 45.1 Å². The van der Waals surface area contributed by atoms with Gasteiger partial charge in [0.25, 0.3) is 0 Å². The maximum Gasteiger partial charge on any atom is 0.344 e. The molecule has 0 radical (unpaired) electrons. The van der Waals surface area contributed by atoms with Crippen molar-refractivity contribution in [2.45, 2.75) is 54.5 Å². The summed E-state index contributed by atoms with van der Waals surface area (Å²) in [5, 5.41) is 19.0. The van der Waals surface area contributed by atoms with Crippen LogP contribution >= 0.6 is 34.9 Å². The lowest BCUT2D eigenvalue weighted by molar-refractivity contribution is -0.145. The number of thioether (sulfide) groups is 2. The van der Waals surface area contributed by atoms with Gasteiger partial charge in [-0.05, 0) is 56.5 Å². The Balaban J connectivity index is 1.39. The van der Waals surface area contributed by atoms with Crippen molar-refractivity contribution in [2.24, 2.45) is 0 Å². The second-order valence-corrected chi connectivity index (χ2v) is 11.7. The summed E-state index contributed by atoms with van der Waals surface area (Å²) in [5.41, 5.74) is 2.14. The number of carbonyl (C=O) groups is 2. The number of phenolic OH excluding ortho intramolecular Hbond substituents is 1. The number of aromatic nitrogens is 2. The Kier molecular flexibility index (Phi) is 12.2. The van der Waals surface area contributed by atoms with E-state index in [0.717, 1.165) is 38.6 Å². The number of benzene rings is 2. The first-order valence-corrected chi connectivity index (χ1v) is 15.1. The van der Waals surface area contributed by atoms with E-state index in [1.807, 2.05) is 31.2 Å². The summed E-state index contributed by atoms with van der Waals surface area (Å²) in [6.45, 7) is 5.97. The van der Waals surface area contributed by atoms with E-state index in [1.54, 1.807) is 53.9 Å². The fourth-order valence-corrected chi connectivity index (χ4v) is 6.37. The first-order valence-electron chi connectivity index (χ1n) is 12.4. The van der Waals surface area contributed by atoms with Crippen LogP contribution in [-0.4, -0.2) is 52.6 Å². The molecule has 0 aliphatic carbocycles. The van der Waals surface area contributed by atoms with Crippen LogP contribution in [0.2, 0.25) is 0 Å². The SMILES string of the molecule is CCCc1c(OCCCSc2nnc(SCc3ccc(OCC(=O)OCC)cc3)s2)ccc(C(C)=O)c1O. The molecule has 1 aromatic heterocycles. The number of ketones is 1.